The van der Waals surface area contributed by atoms with Crippen molar-refractivity contribution in [3.05, 3.63) is 29.8 Å². The van der Waals surface area contributed by atoms with Crippen LogP contribution in [-0.4, -0.2) is 18.9 Å². The molecule has 1 aliphatic rings. The lowest BCUT2D eigenvalue weighted by molar-refractivity contribution is -0.125. The molecule has 1 N–H and O–H groups in total. The van der Waals surface area contributed by atoms with Crippen molar-refractivity contribution in [3.8, 4) is 0 Å². The van der Waals surface area contributed by atoms with Gasteiger partial charge in [-0.05, 0) is 38.4 Å². The minimum Gasteiger partial charge on any atom is -0.313 e. The zero-order chi connectivity index (χ0) is 13.8. The van der Waals surface area contributed by atoms with Gasteiger partial charge in [0.05, 0.1) is 5.69 Å². The monoisotopic (exact) mass is 260 g/mol. The SMILES string of the molecule is CNC(C)c1ccccc1N1C(=O)CCCCC1=O. The summed E-state index contributed by atoms with van der Waals surface area (Å²) in [4.78, 5) is 25.7. The summed E-state index contributed by atoms with van der Waals surface area (Å²) in [6.45, 7) is 2.02. The maximum absolute atomic E-state index is 12.2. The number of carbonyl (C=O) groups excluding carboxylic acids is 2. The lowest BCUT2D eigenvalue weighted by atomic mass is 10.0. The van der Waals surface area contributed by atoms with E-state index < -0.39 is 0 Å². The number of nitrogens with zero attached hydrogens (tertiary/aromatic N) is 1. The van der Waals surface area contributed by atoms with Crippen LogP contribution in [0.3, 0.4) is 0 Å². The lowest BCUT2D eigenvalue weighted by Gasteiger charge is -2.24. The quantitative estimate of drug-likeness (QED) is 0.849. The molecule has 4 heteroatoms. The summed E-state index contributed by atoms with van der Waals surface area (Å²) in [5, 5.41) is 3.16. The normalized spacial score (nSPS) is 18.3. The maximum atomic E-state index is 12.2. The third-order valence-corrected chi connectivity index (χ3v) is 3.61. The highest BCUT2D eigenvalue weighted by Crippen LogP contribution is 2.29. The molecule has 0 aromatic heterocycles. The Labute approximate surface area is 113 Å². The van der Waals surface area contributed by atoms with Crippen LogP contribution in [0, 0.1) is 0 Å². The van der Waals surface area contributed by atoms with Crippen LogP contribution in [0.5, 0.6) is 0 Å². The van der Waals surface area contributed by atoms with Crippen molar-refractivity contribution in [2.75, 3.05) is 11.9 Å². The summed E-state index contributed by atoms with van der Waals surface area (Å²) >= 11 is 0. The van der Waals surface area contributed by atoms with Gasteiger partial charge in [-0.15, -0.1) is 0 Å². The fourth-order valence-corrected chi connectivity index (χ4v) is 2.40. The van der Waals surface area contributed by atoms with E-state index in [1.807, 2.05) is 38.2 Å². The predicted molar refractivity (Wildman–Crippen MR) is 74.9 cm³/mol. The van der Waals surface area contributed by atoms with Gasteiger partial charge in [-0.3, -0.25) is 14.5 Å². The molecule has 0 radical (unpaired) electrons. The van der Waals surface area contributed by atoms with Crippen molar-refractivity contribution in [2.45, 2.75) is 38.6 Å². The predicted octanol–water partition coefficient (Wildman–Crippen LogP) is 2.40. The Balaban J connectivity index is 2.44. The van der Waals surface area contributed by atoms with Crippen molar-refractivity contribution in [3.63, 3.8) is 0 Å². The molecule has 1 heterocycles. The van der Waals surface area contributed by atoms with Crippen LogP contribution in [0.25, 0.3) is 0 Å². The van der Waals surface area contributed by atoms with Crippen LogP contribution < -0.4 is 10.2 Å². The third-order valence-electron chi connectivity index (χ3n) is 3.61. The van der Waals surface area contributed by atoms with Gasteiger partial charge < -0.3 is 5.32 Å². The Bertz CT molecular complexity index is 467. The number of nitrogens with one attached hydrogen (secondary N) is 1. The Morgan fingerprint density at radius 1 is 1.11 bits per heavy atom. The van der Waals surface area contributed by atoms with E-state index in [-0.39, 0.29) is 17.9 Å². The number of amides is 2. The summed E-state index contributed by atoms with van der Waals surface area (Å²) in [6.07, 6.45) is 2.50. The smallest absolute Gasteiger partial charge is 0.233 e. The number of hydrogen-bond donors (Lipinski definition) is 1. The number of benzene rings is 1. The average molecular weight is 260 g/mol. The first-order valence-corrected chi connectivity index (χ1v) is 6.77. The molecular formula is C15H20N2O2. The van der Waals surface area contributed by atoms with Crippen LogP contribution in [-0.2, 0) is 9.59 Å². The first-order chi connectivity index (χ1) is 9.15. The van der Waals surface area contributed by atoms with Gasteiger partial charge >= 0.3 is 0 Å². The largest absolute Gasteiger partial charge is 0.313 e. The molecule has 1 fully saturated rings. The lowest BCUT2D eigenvalue weighted by Crippen LogP contribution is -2.36. The second-order valence-electron chi connectivity index (χ2n) is 4.90. The first kappa shape index (κ1) is 13.7. The van der Waals surface area contributed by atoms with E-state index in [1.165, 1.54) is 4.90 Å². The van der Waals surface area contributed by atoms with Crippen LogP contribution in [0.1, 0.15) is 44.2 Å². The molecule has 102 valence electrons. The zero-order valence-corrected chi connectivity index (χ0v) is 11.5. The van der Waals surface area contributed by atoms with Gasteiger partial charge in [0.2, 0.25) is 11.8 Å². The molecule has 2 rings (SSSR count). The van der Waals surface area contributed by atoms with E-state index in [0.717, 1.165) is 24.1 Å². The summed E-state index contributed by atoms with van der Waals surface area (Å²) in [7, 11) is 1.87. The van der Waals surface area contributed by atoms with E-state index in [4.69, 9.17) is 0 Å². The fourth-order valence-electron chi connectivity index (χ4n) is 2.40. The Hall–Kier alpha value is -1.68. The Kier molecular flexibility index (Phi) is 4.32. The number of imide groups is 1. The average Bonchev–Trinajstić information content (AvgIpc) is 2.59. The fraction of sp³-hybridized carbons (Fsp3) is 0.467. The highest BCUT2D eigenvalue weighted by atomic mass is 16.2. The number of para-hydroxylation sites is 1. The molecule has 2 amide bonds. The molecule has 19 heavy (non-hydrogen) atoms. The van der Waals surface area contributed by atoms with E-state index in [0.29, 0.717) is 12.8 Å². The van der Waals surface area contributed by atoms with Crippen LogP contribution in [0.2, 0.25) is 0 Å². The number of hydrogen-bond acceptors (Lipinski definition) is 3. The van der Waals surface area contributed by atoms with Crippen molar-refractivity contribution in [2.24, 2.45) is 0 Å². The zero-order valence-electron chi connectivity index (χ0n) is 11.5. The van der Waals surface area contributed by atoms with Gasteiger partial charge in [0.1, 0.15) is 0 Å². The highest BCUT2D eigenvalue weighted by Gasteiger charge is 2.27. The Morgan fingerprint density at radius 2 is 1.68 bits per heavy atom. The van der Waals surface area contributed by atoms with Gasteiger partial charge in [0, 0.05) is 18.9 Å². The van der Waals surface area contributed by atoms with Crippen molar-refractivity contribution >= 4 is 17.5 Å². The minimum atomic E-state index is -0.0850. The maximum Gasteiger partial charge on any atom is 0.233 e. The molecule has 4 nitrogen and oxygen atoms in total. The summed E-state index contributed by atoms with van der Waals surface area (Å²) in [5.74, 6) is -0.170. The van der Waals surface area contributed by atoms with E-state index in [9.17, 15) is 9.59 Å². The van der Waals surface area contributed by atoms with Crippen LogP contribution >= 0.6 is 0 Å². The summed E-state index contributed by atoms with van der Waals surface area (Å²) < 4.78 is 0. The van der Waals surface area contributed by atoms with Crippen molar-refractivity contribution < 1.29 is 9.59 Å². The third kappa shape index (κ3) is 2.84. The van der Waals surface area contributed by atoms with E-state index in [1.54, 1.807) is 0 Å². The molecule has 0 saturated carbocycles. The minimum absolute atomic E-state index is 0.0850. The summed E-state index contributed by atoms with van der Waals surface area (Å²) in [5.41, 5.74) is 1.70. The number of carbonyl (C=O) groups is 2. The number of anilines is 1. The molecule has 1 aromatic rings. The second-order valence-corrected chi connectivity index (χ2v) is 4.90. The van der Waals surface area contributed by atoms with Gasteiger partial charge in [-0.1, -0.05) is 18.2 Å². The standard InChI is InChI=1S/C15H20N2O2/c1-11(16-2)12-7-3-4-8-13(12)17-14(18)9-5-6-10-15(17)19/h3-4,7-8,11,16H,5-6,9-10H2,1-2H3. The molecule has 0 spiro atoms. The molecular weight excluding hydrogens is 240 g/mol. The Morgan fingerprint density at radius 3 is 2.26 bits per heavy atom. The molecule has 1 aromatic carbocycles. The van der Waals surface area contributed by atoms with Gasteiger partial charge in [0.25, 0.3) is 0 Å². The molecule has 1 atom stereocenters. The van der Waals surface area contributed by atoms with Crippen molar-refractivity contribution in [1.82, 2.24) is 5.32 Å². The van der Waals surface area contributed by atoms with Gasteiger partial charge in [-0.2, -0.15) is 0 Å². The molecule has 0 aliphatic carbocycles. The van der Waals surface area contributed by atoms with Crippen molar-refractivity contribution in [1.29, 1.82) is 0 Å². The number of rotatable bonds is 3. The first-order valence-electron chi connectivity index (χ1n) is 6.77. The van der Waals surface area contributed by atoms with E-state index >= 15 is 0 Å². The van der Waals surface area contributed by atoms with E-state index in [2.05, 4.69) is 5.32 Å². The van der Waals surface area contributed by atoms with Gasteiger partial charge in [-0.25, -0.2) is 0 Å². The molecule has 1 unspecified atom stereocenters. The summed E-state index contributed by atoms with van der Waals surface area (Å²) in [6, 6.07) is 7.71. The molecule has 0 bridgehead atoms. The van der Waals surface area contributed by atoms with Crippen LogP contribution in [0.15, 0.2) is 24.3 Å². The van der Waals surface area contributed by atoms with Crippen LogP contribution in [0.4, 0.5) is 5.69 Å². The second kappa shape index (κ2) is 5.97. The van der Waals surface area contributed by atoms with Gasteiger partial charge in [0.15, 0.2) is 0 Å². The molecule has 1 saturated heterocycles. The topological polar surface area (TPSA) is 49.4 Å². The molecule has 1 aliphatic heterocycles. The highest BCUT2D eigenvalue weighted by molar-refractivity contribution is 6.15.